The molecule has 5 heteroatoms. The van der Waals surface area contributed by atoms with E-state index in [1.165, 1.54) is 12.8 Å². The van der Waals surface area contributed by atoms with Crippen LogP contribution in [0.1, 0.15) is 30.0 Å². The summed E-state index contributed by atoms with van der Waals surface area (Å²) < 4.78 is 2.75. The molecule has 0 aliphatic heterocycles. The summed E-state index contributed by atoms with van der Waals surface area (Å²) in [5.41, 5.74) is 2.14. The minimum Gasteiger partial charge on any atom is -0.236 e. The second kappa shape index (κ2) is 4.42. The Hall–Kier alpha value is -0.870. The van der Waals surface area contributed by atoms with Crippen molar-refractivity contribution in [3.8, 4) is 5.82 Å². The first-order valence-electron chi connectivity index (χ1n) is 5.54. The van der Waals surface area contributed by atoms with E-state index in [-0.39, 0.29) is 0 Å². The molecule has 0 unspecified atom stereocenters. The van der Waals surface area contributed by atoms with Crippen LogP contribution in [0.25, 0.3) is 5.82 Å². The zero-order valence-electron chi connectivity index (χ0n) is 9.11. The van der Waals surface area contributed by atoms with E-state index in [1.807, 2.05) is 16.9 Å². The van der Waals surface area contributed by atoms with E-state index in [2.05, 4.69) is 32.1 Å². The first-order chi connectivity index (χ1) is 8.28. The maximum atomic E-state index is 5.93. The van der Waals surface area contributed by atoms with Crippen molar-refractivity contribution >= 4 is 27.5 Å². The van der Waals surface area contributed by atoms with Gasteiger partial charge in [0, 0.05) is 28.3 Å². The highest BCUT2D eigenvalue weighted by Gasteiger charge is 2.26. The van der Waals surface area contributed by atoms with Crippen LogP contribution in [0.4, 0.5) is 0 Å². The van der Waals surface area contributed by atoms with Gasteiger partial charge in [0.1, 0.15) is 0 Å². The lowest BCUT2D eigenvalue weighted by molar-refractivity contribution is 0.804. The average molecular weight is 313 g/mol. The number of hydrogen-bond donors (Lipinski definition) is 0. The first-order valence-corrected chi connectivity index (χ1v) is 6.87. The smallest absolute Gasteiger partial charge is 0.157 e. The van der Waals surface area contributed by atoms with Gasteiger partial charge in [-0.05, 0) is 40.9 Å². The lowest BCUT2D eigenvalue weighted by Crippen LogP contribution is -2.03. The fraction of sp³-hybridized carbons (Fsp3) is 0.333. The summed E-state index contributed by atoms with van der Waals surface area (Å²) in [7, 11) is 0. The standard InChI is InChI=1S/C12H11BrClN3/c13-10-5-9(6-14)12(15-7-10)17-4-3-11(16-17)8-1-2-8/h3-5,7-8H,1-2,6H2. The van der Waals surface area contributed by atoms with E-state index in [4.69, 9.17) is 11.6 Å². The molecule has 0 atom stereocenters. The number of pyridine rings is 1. The minimum absolute atomic E-state index is 0.431. The normalized spacial score (nSPS) is 15.2. The molecule has 88 valence electrons. The van der Waals surface area contributed by atoms with Crippen molar-refractivity contribution in [2.24, 2.45) is 0 Å². The molecule has 1 saturated carbocycles. The molecule has 2 aromatic heterocycles. The Bertz CT molecular complexity index is 548. The highest BCUT2D eigenvalue weighted by molar-refractivity contribution is 9.10. The van der Waals surface area contributed by atoms with Crippen LogP contribution in [-0.2, 0) is 5.88 Å². The number of aromatic nitrogens is 3. The Balaban J connectivity index is 2.01. The van der Waals surface area contributed by atoms with Gasteiger partial charge in [0.2, 0.25) is 0 Å². The summed E-state index contributed by atoms with van der Waals surface area (Å²) >= 11 is 9.33. The van der Waals surface area contributed by atoms with Gasteiger partial charge in [0.25, 0.3) is 0 Å². The summed E-state index contributed by atoms with van der Waals surface area (Å²) in [6.07, 6.45) is 6.24. The molecule has 0 spiro atoms. The maximum Gasteiger partial charge on any atom is 0.157 e. The van der Waals surface area contributed by atoms with E-state index in [1.54, 1.807) is 6.20 Å². The number of nitrogens with zero attached hydrogens (tertiary/aromatic N) is 3. The van der Waals surface area contributed by atoms with Crippen molar-refractivity contribution in [3.63, 3.8) is 0 Å². The van der Waals surface area contributed by atoms with Crippen LogP contribution in [0.2, 0.25) is 0 Å². The van der Waals surface area contributed by atoms with E-state index in [0.29, 0.717) is 11.8 Å². The molecule has 0 radical (unpaired) electrons. The van der Waals surface area contributed by atoms with E-state index >= 15 is 0 Å². The summed E-state index contributed by atoms with van der Waals surface area (Å²) in [4.78, 5) is 4.38. The van der Waals surface area contributed by atoms with Gasteiger partial charge >= 0.3 is 0 Å². The number of rotatable bonds is 3. The number of alkyl halides is 1. The van der Waals surface area contributed by atoms with Crippen LogP contribution in [0, 0.1) is 0 Å². The van der Waals surface area contributed by atoms with Crippen LogP contribution in [-0.4, -0.2) is 14.8 Å². The molecule has 1 fully saturated rings. The van der Waals surface area contributed by atoms with Crippen molar-refractivity contribution < 1.29 is 0 Å². The van der Waals surface area contributed by atoms with Gasteiger partial charge < -0.3 is 0 Å². The van der Waals surface area contributed by atoms with Crippen molar-refractivity contribution in [2.45, 2.75) is 24.6 Å². The van der Waals surface area contributed by atoms with Gasteiger partial charge in [-0.2, -0.15) is 5.10 Å². The molecule has 0 saturated heterocycles. The van der Waals surface area contributed by atoms with Crippen molar-refractivity contribution in [3.05, 3.63) is 40.3 Å². The third-order valence-electron chi connectivity index (χ3n) is 2.88. The molecule has 17 heavy (non-hydrogen) atoms. The molecule has 1 aliphatic rings. The SMILES string of the molecule is ClCc1cc(Br)cnc1-n1ccc(C2CC2)n1. The lowest BCUT2D eigenvalue weighted by Gasteiger charge is -2.06. The summed E-state index contributed by atoms with van der Waals surface area (Å²) in [6.45, 7) is 0. The third-order valence-corrected chi connectivity index (χ3v) is 3.60. The fourth-order valence-electron chi connectivity index (χ4n) is 1.83. The zero-order chi connectivity index (χ0) is 11.8. The first kappa shape index (κ1) is 11.2. The van der Waals surface area contributed by atoms with Crippen LogP contribution >= 0.6 is 27.5 Å². The summed E-state index contributed by atoms with van der Waals surface area (Å²) in [5.74, 6) is 1.90. The molecular formula is C12H11BrClN3. The molecule has 2 heterocycles. The van der Waals surface area contributed by atoms with Crippen molar-refractivity contribution in [1.29, 1.82) is 0 Å². The second-order valence-electron chi connectivity index (χ2n) is 4.23. The van der Waals surface area contributed by atoms with E-state index in [0.717, 1.165) is 21.5 Å². The quantitative estimate of drug-likeness (QED) is 0.810. The van der Waals surface area contributed by atoms with Gasteiger partial charge in [-0.3, -0.25) is 0 Å². The number of hydrogen-bond acceptors (Lipinski definition) is 2. The topological polar surface area (TPSA) is 30.7 Å². The van der Waals surface area contributed by atoms with Crippen LogP contribution in [0.3, 0.4) is 0 Å². The van der Waals surface area contributed by atoms with Gasteiger partial charge in [0.15, 0.2) is 5.82 Å². The molecule has 0 aromatic carbocycles. The molecule has 0 bridgehead atoms. The van der Waals surface area contributed by atoms with Gasteiger partial charge in [-0.1, -0.05) is 0 Å². The predicted octanol–water partition coefficient (Wildman–Crippen LogP) is 3.65. The maximum absolute atomic E-state index is 5.93. The zero-order valence-corrected chi connectivity index (χ0v) is 11.4. The third kappa shape index (κ3) is 2.24. The van der Waals surface area contributed by atoms with Crippen molar-refractivity contribution in [1.82, 2.24) is 14.8 Å². The van der Waals surface area contributed by atoms with Gasteiger partial charge in [0.05, 0.1) is 11.6 Å². The lowest BCUT2D eigenvalue weighted by atomic mass is 10.3. The molecule has 0 amide bonds. The second-order valence-corrected chi connectivity index (χ2v) is 5.41. The monoisotopic (exact) mass is 311 g/mol. The molecule has 3 rings (SSSR count). The Morgan fingerprint density at radius 3 is 3.00 bits per heavy atom. The van der Waals surface area contributed by atoms with E-state index < -0.39 is 0 Å². The predicted molar refractivity (Wildman–Crippen MR) is 70.6 cm³/mol. The Kier molecular flexibility index (Phi) is 2.92. The molecule has 2 aromatic rings. The summed E-state index contributed by atoms with van der Waals surface area (Å²) in [6, 6.07) is 4.05. The van der Waals surface area contributed by atoms with Gasteiger partial charge in [-0.25, -0.2) is 9.67 Å². The molecular weight excluding hydrogens is 302 g/mol. The Morgan fingerprint density at radius 1 is 1.47 bits per heavy atom. The number of halogens is 2. The minimum atomic E-state index is 0.431. The Morgan fingerprint density at radius 2 is 2.29 bits per heavy atom. The fourth-order valence-corrected chi connectivity index (χ4v) is 2.41. The molecule has 1 aliphatic carbocycles. The van der Waals surface area contributed by atoms with Crippen LogP contribution < -0.4 is 0 Å². The van der Waals surface area contributed by atoms with Crippen LogP contribution in [0.15, 0.2) is 29.0 Å². The molecule has 0 N–H and O–H groups in total. The molecule has 3 nitrogen and oxygen atoms in total. The summed E-state index contributed by atoms with van der Waals surface area (Å²) in [5, 5.41) is 4.56. The van der Waals surface area contributed by atoms with Crippen LogP contribution in [0.5, 0.6) is 0 Å². The van der Waals surface area contributed by atoms with Gasteiger partial charge in [-0.15, -0.1) is 11.6 Å². The largest absolute Gasteiger partial charge is 0.236 e. The van der Waals surface area contributed by atoms with E-state index in [9.17, 15) is 0 Å². The highest BCUT2D eigenvalue weighted by atomic mass is 79.9. The Labute approximate surface area is 113 Å². The highest BCUT2D eigenvalue weighted by Crippen LogP contribution is 2.39. The average Bonchev–Trinajstić information content (AvgIpc) is 3.08. The van der Waals surface area contributed by atoms with Crippen molar-refractivity contribution in [2.75, 3.05) is 0 Å².